The Balaban J connectivity index is 2.04. The maximum atomic E-state index is 13.2. The van der Waals surface area contributed by atoms with Gasteiger partial charge in [0.2, 0.25) is 0 Å². The van der Waals surface area contributed by atoms with E-state index in [0.717, 1.165) is 0 Å². The lowest BCUT2D eigenvalue weighted by Gasteiger charge is -2.26. The van der Waals surface area contributed by atoms with Crippen molar-refractivity contribution >= 4 is 5.69 Å². The molecule has 1 aliphatic heterocycles. The van der Waals surface area contributed by atoms with Gasteiger partial charge in [0.25, 0.3) is 5.56 Å². The van der Waals surface area contributed by atoms with Gasteiger partial charge in [0.15, 0.2) is 0 Å². The Bertz CT molecular complexity index is 725. The summed E-state index contributed by atoms with van der Waals surface area (Å²) in [6.45, 7) is -0.550. The van der Waals surface area contributed by atoms with E-state index in [1.807, 2.05) is 0 Å². The number of aryl methyl sites for hydroxylation is 1. The Morgan fingerprint density at radius 3 is 2.75 bits per heavy atom. The Labute approximate surface area is 113 Å². The van der Waals surface area contributed by atoms with Gasteiger partial charge in [0, 0.05) is 19.3 Å². The number of fused-ring (bicyclic) bond motifs is 1. The van der Waals surface area contributed by atoms with E-state index in [2.05, 4.69) is 10.1 Å². The van der Waals surface area contributed by atoms with Gasteiger partial charge in [-0.15, -0.1) is 0 Å². The molecule has 1 N–H and O–H groups in total. The first-order chi connectivity index (χ1) is 9.44. The van der Waals surface area contributed by atoms with E-state index < -0.39 is 12.7 Å². The zero-order valence-corrected chi connectivity index (χ0v) is 10.7. The molecule has 2 heterocycles. The first-order valence-electron chi connectivity index (χ1n) is 6.06. The molecule has 0 saturated carbocycles. The van der Waals surface area contributed by atoms with Gasteiger partial charge in [0.05, 0.1) is 5.69 Å². The summed E-state index contributed by atoms with van der Waals surface area (Å²) in [6.07, 6.45) is -1.59. The zero-order chi connectivity index (χ0) is 14.3. The van der Waals surface area contributed by atoms with Crippen molar-refractivity contribution in [1.82, 2.24) is 4.57 Å². The number of benzene rings is 1. The fourth-order valence-corrected chi connectivity index (χ4v) is 2.06. The second-order valence-corrected chi connectivity index (χ2v) is 4.67. The summed E-state index contributed by atoms with van der Waals surface area (Å²) in [7, 11) is 1.65. The van der Waals surface area contributed by atoms with Crippen molar-refractivity contribution in [2.75, 3.05) is 11.9 Å². The lowest BCUT2D eigenvalue weighted by atomic mass is 10.1. The molecule has 2 aromatic rings. The van der Waals surface area contributed by atoms with Gasteiger partial charge < -0.3 is 14.6 Å². The monoisotopic (exact) mass is 278 g/mol. The largest absolute Gasteiger partial charge is 0.429 e. The molecule has 1 aromatic heterocycles. The summed E-state index contributed by atoms with van der Waals surface area (Å²) in [5.41, 5.74) is 1.67. The summed E-state index contributed by atoms with van der Waals surface area (Å²) < 4.78 is 32.5. The van der Waals surface area contributed by atoms with E-state index in [1.54, 1.807) is 31.4 Å². The molecule has 0 fully saturated rings. The minimum absolute atomic E-state index is 0.0828. The maximum Gasteiger partial charge on any atom is 0.415 e. The third-order valence-electron chi connectivity index (χ3n) is 3.16. The standard InChI is InChI=1S/C14H12F2N2O2/c1-18-5-4-10(7-13(18)19)9-2-3-11-12(6-9)20-14(15,16)8-17-11/h2-7,17H,8H2,1H3. The first kappa shape index (κ1) is 12.7. The molecule has 0 bridgehead atoms. The average molecular weight is 278 g/mol. The minimum atomic E-state index is -3.22. The molecule has 0 spiro atoms. The topological polar surface area (TPSA) is 43.3 Å². The van der Waals surface area contributed by atoms with E-state index in [-0.39, 0.29) is 11.3 Å². The lowest BCUT2D eigenvalue weighted by Crippen LogP contribution is -2.37. The molecule has 4 nitrogen and oxygen atoms in total. The minimum Gasteiger partial charge on any atom is -0.429 e. The summed E-state index contributed by atoms with van der Waals surface area (Å²) in [6, 6.07) is 8.13. The molecule has 20 heavy (non-hydrogen) atoms. The highest BCUT2D eigenvalue weighted by Gasteiger charge is 2.36. The predicted molar refractivity (Wildman–Crippen MR) is 71.2 cm³/mol. The second kappa shape index (κ2) is 4.33. The summed E-state index contributed by atoms with van der Waals surface area (Å²) in [5, 5.41) is 2.61. The van der Waals surface area contributed by atoms with Crippen molar-refractivity contribution < 1.29 is 13.5 Å². The molecule has 0 saturated heterocycles. The molecule has 0 aliphatic carbocycles. The molecule has 6 heteroatoms. The fourth-order valence-electron chi connectivity index (χ4n) is 2.06. The number of hydrogen-bond acceptors (Lipinski definition) is 3. The number of nitrogens with one attached hydrogen (secondary N) is 1. The fraction of sp³-hybridized carbons (Fsp3) is 0.214. The van der Waals surface area contributed by atoms with Gasteiger partial charge in [-0.1, -0.05) is 6.07 Å². The smallest absolute Gasteiger partial charge is 0.415 e. The molecule has 0 radical (unpaired) electrons. The number of rotatable bonds is 1. The quantitative estimate of drug-likeness (QED) is 0.871. The van der Waals surface area contributed by atoms with Crippen LogP contribution in [0.1, 0.15) is 0 Å². The van der Waals surface area contributed by atoms with E-state index in [0.29, 0.717) is 16.8 Å². The van der Waals surface area contributed by atoms with Crippen molar-refractivity contribution in [1.29, 1.82) is 0 Å². The van der Waals surface area contributed by atoms with Crippen LogP contribution in [0, 0.1) is 0 Å². The van der Waals surface area contributed by atoms with Gasteiger partial charge in [0.1, 0.15) is 12.3 Å². The van der Waals surface area contributed by atoms with Gasteiger partial charge in [-0.05, 0) is 29.3 Å². The van der Waals surface area contributed by atoms with Crippen molar-refractivity contribution in [3.63, 3.8) is 0 Å². The molecule has 3 rings (SSSR count). The number of nitrogens with zero attached hydrogens (tertiary/aromatic N) is 1. The van der Waals surface area contributed by atoms with Crippen molar-refractivity contribution in [3.05, 3.63) is 46.9 Å². The normalized spacial score (nSPS) is 15.9. The van der Waals surface area contributed by atoms with Gasteiger partial charge in [-0.25, -0.2) is 0 Å². The highest BCUT2D eigenvalue weighted by molar-refractivity contribution is 5.71. The van der Waals surface area contributed by atoms with Crippen LogP contribution in [0.5, 0.6) is 5.75 Å². The number of aromatic nitrogens is 1. The van der Waals surface area contributed by atoms with Crippen LogP contribution in [0.2, 0.25) is 0 Å². The number of ether oxygens (including phenoxy) is 1. The van der Waals surface area contributed by atoms with Crippen LogP contribution in [-0.4, -0.2) is 17.2 Å². The van der Waals surface area contributed by atoms with E-state index in [9.17, 15) is 13.6 Å². The predicted octanol–water partition coefficient (Wildman–Crippen LogP) is 2.45. The van der Waals surface area contributed by atoms with Crippen LogP contribution >= 0.6 is 0 Å². The molecule has 0 atom stereocenters. The Morgan fingerprint density at radius 2 is 2.00 bits per heavy atom. The second-order valence-electron chi connectivity index (χ2n) is 4.67. The van der Waals surface area contributed by atoms with Crippen LogP contribution in [0.4, 0.5) is 14.5 Å². The molecule has 104 valence electrons. The number of halogens is 2. The maximum absolute atomic E-state index is 13.2. The number of anilines is 1. The summed E-state index contributed by atoms with van der Waals surface area (Å²) >= 11 is 0. The number of alkyl halides is 2. The van der Waals surface area contributed by atoms with Crippen LogP contribution < -0.4 is 15.6 Å². The van der Waals surface area contributed by atoms with Crippen LogP contribution in [0.15, 0.2) is 41.3 Å². The lowest BCUT2D eigenvalue weighted by molar-refractivity contribution is -0.166. The van der Waals surface area contributed by atoms with Gasteiger partial charge in [-0.3, -0.25) is 4.79 Å². The molecule has 0 amide bonds. The first-order valence-corrected chi connectivity index (χ1v) is 6.06. The summed E-state index contributed by atoms with van der Waals surface area (Å²) in [4.78, 5) is 11.6. The zero-order valence-electron chi connectivity index (χ0n) is 10.7. The van der Waals surface area contributed by atoms with Gasteiger partial charge >= 0.3 is 6.11 Å². The van der Waals surface area contributed by atoms with Crippen molar-refractivity contribution in [2.24, 2.45) is 7.05 Å². The van der Waals surface area contributed by atoms with Gasteiger partial charge in [-0.2, -0.15) is 8.78 Å². The van der Waals surface area contributed by atoms with Crippen LogP contribution in [0.3, 0.4) is 0 Å². The van der Waals surface area contributed by atoms with Crippen molar-refractivity contribution in [2.45, 2.75) is 6.11 Å². The third kappa shape index (κ3) is 2.24. The third-order valence-corrected chi connectivity index (χ3v) is 3.16. The molecule has 1 aliphatic rings. The Morgan fingerprint density at radius 1 is 1.25 bits per heavy atom. The molecular formula is C14H12F2N2O2. The number of hydrogen-bond donors (Lipinski definition) is 1. The highest BCUT2D eigenvalue weighted by Crippen LogP contribution is 2.37. The van der Waals surface area contributed by atoms with E-state index in [1.165, 1.54) is 16.7 Å². The summed E-state index contributed by atoms with van der Waals surface area (Å²) in [5.74, 6) is 0.0828. The highest BCUT2D eigenvalue weighted by atomic mass is 19.3. The van der Waals surface area contributed by atoms with Crippen molar-refractivity contribution in [3.8, 4) is 16.9 Å². The Hall–Kier alpha value is -2.37. The van der Waals surface area contributed by atoms with Crippen LogP contribution in [0.25, 0.3) is 11.1 Å². The van der Waals surface area contributed by atoms with Crippen LogP contribution in [-0.2, 0) is 7.05 Å². The molecule has 1 aromatic carbocycles. The van der Waals surface area contributed by atoms with E-state index >= 15 is 0 Å². The Kier molecular flexibility index (Phi) is 2.74. The molecule has 0 unspecified atom stereocenters. The SMILES string of the molecule is Cn1ccc(-c2ccc3c(c2)OC(F)(F)CN3)cc1=O. The number of pyridine rings is 1. The van der Waals surface area contributed by atoms with E-state index in [4.69, 9.17) is 0 Å². The average Bonchev–Trinajstić information content (AvgIpc) is 2.40. The molecular weight excluding hydrogens is 266 g/mol.